The number of alkyl halides is 1. The number of ether oxygens (including phenoxy) is 1. The molecule has 4 heterocycles. The molecule has 3 aliphatic heterocycles. The Kier molecular flexibility index (Phi) is 8.77. The molecule has 2 unspecified atom stereocenters. The molecule has 12 nitrogen and oxygen atoms in total. The van der Waals surface area contributed by atoms with Gasteiger partial charge in [-0.1, -0.05) is 6.07 Å². The number of hydrogen-bond donors (Lipinski definition) is 3. The van der Waals surface area contributed by atoms with Gasteiger partial charge in [0.15, 0.2) is 17.7 Å². The van der Waals surface area contributed by atoms with E-state index in [2.05, 4.69) is 68.8 Å². The fraction of sp³-hybridized carbons (Fsp3) is 0.406. The average Bonchev–Trinajstić information content (AvgIpc) is 3.48. The summed E-state index contributed by atoms with van der Waals surface area (Å²) >= 11 is 0. The fourth-order valence-electron chi connectivity index (χ4n) is 6.12. The van der Waals surface area contributed by atoms with Crippen LogP contribution in [0.1, 0.15) is 41.9 Å². The molecule has 1 amide bonds. The Morgan fingerprint density at radius 3 is 2.67 bits per heavy atom. The average molecular weight is 614 g/mol. The predicted molar refractivity (Wildman–Crippen MR) is 165 cm³/mol. The summed E-state index contributed by atoms with van der Waals surface area (Å²) in [5, 5.41) is 14.9. The maximum Gasteiger partial charge on any atom is 0.277 e. The molecule has 0 radical (unpaired) electrons. The van der Waals surface area contributed by atoms with E-state index in [1.54, 1.807) is 42.0 Å². The van der Waals surface area contributed by atoms with Crippen molar-refractivity contribution in [1.29, 1.82) is 5.26 Å². The zero-order valence-electron chi connectivity index (χ0n) is 25.7. The minimum atomic E-state index is -1.41. The van der Waals surface area contributed by atoms with Crippen LogP contribution >= 0.6 is 0 Å². The number of amides is 1. The zero-order chi connectivity index (χ0) is 31.5. The molecule has 0 bridgehead atoms. The Balaban J connectivity index is 1.10. The Morgan fingerprint density at radius 1 is 1.13 bits per heavy atom. The van der Waals surface area contributed by atoms with E-state index in [0.29, 0.717) is 41.9 Å². The molecule has 0 saturated carbocycles. The maximum absolute atomic E-state index is 15.2. The number of likely N-dealkylation sites (tertiary alicyclic amines) is 2. The highest BCUT2D eigenvalue weighted by atomic mass is 19.1. The van der Waals surface area contributed by atoms with Gasteiger partial charge in [0.05, 0.1) is 25.4 Å². The van der Waals surface area contributed by atoms with Crippen LogP contribution in [0.3, 0.4) is 0 Å². The first-order chi connectivity index (χ1) is 21.8. The number of quaternary nitrogens is 1. The summed E-state index contributed by atoms with van der Waals surface area (Å²) in [5.74, 6) is 1.37. The lowest BCUT2D eigenvalue weighted by atomic mass is 9.87. The number of nitriles is 1. The number of aromatic nitrogens is 3. The minimum Gasteiger partial charge on any atom is -0.486 e. The smallest absolute Gasteiger partial charge is 0.277 e. The van der Waals surface area contributed by atoms with Crippen molar-refractivity contribution < 1.29 is 19.5 Å². The van der Waals surface area contributed by atoms with Gasteiger partial charge in [-0.3, -0.25) is 4.79 Å². The summed E-state index contributed by atoms with van der Waals surface area (Å²) < 4.78 is 21.1. The molecular weight excluding hydrogens is 575 g/mol. The van der Waals surface area contributed by atoms with Gasteiger partial charge < -0.3 is 19.9 Å². The van der Waals surface area contributed by atoms with Gasteiger partial charge in [-0.15, -0.1) is 5.53 Å². The van der Waals surface area contributed by atoms with Crippen LogP contribution in [0.2, 0.25) is 0 Å². The molecule has 6 rings (SSSR count). The van der Waals surface area contributed by atoms with Crippen molar-refractivity contribution >= 4 is 17.5 Å². The number of anilines is 2. The first-order valence-corrected chi connectivity index (χ1v) is 15.2. The van der Waals surface area contributed by atoms with E-state index >= 15 is 4.39 Å². The van der Waals surface area contributed by atoms with E-state index in [9.17, 15) is 10.1 Å². The monoisotopic (exact) mass is 613 g/mol. The summed E-state index contributed by atoms with van der Waals surface area (Å²) in [6.45, 7) is 4.62. The van der Waals surface area contributed by atoms with Gasteiger partial charge in [-0.2, -0.15) is 10.2 Å². The molecule has 2 saturated heterocycles. The molecule has 3 aromatic rings. The van der Waals surface area contributed by atoms with Gasteiger partial charge in [0.25, 0.3) is 5.91 Å². The molecule has 4 N–H and O–H groups in total. The minimum absolute atomic E-state index is 0.0900. The van der Waals surface area contributed by atoms with Crippen molar-refractivity contribution in [2.24, 2.45) is 0 Å². The molecule has 2 aromatic carbocycles. The van der Waals surface area contributed by atoms with Gasteiger partial charge >= 0.3 is 0 Å². The first kappa shape index (κ1) is 30.2. The number of nitrogens with zero attached hydrogens (tertiary/aromatic N) is 7. The lowest BCUT2D eigenvalue weighted by Gasteiger charge is -2.34. The summed E-state index contributed by atoms with van der Waals surface area (Å²) in [6.07, 6.45) is 3.53. The number of hydrogen-bond acceptors (Lipinski definition) is 10. The van der Waals surface area contributed by atoms with Crippen LogP contribution in [0.5, 0.6) is 5.75 Å². The first-order valence-electron chi connectivity index (χ1n) is 15.2. The van der Waals surface area contributed by atoms with Crippen molar-refractivity contribution in [3.63, 3.8) is 0 Å². The van der Waals surface area contributed by atoms with Crippen molar-refractivity contribution in [3.8, 4) is 23.2 Å². The Labute approximate surface area is 261 Å². The summed E-state index contributed by atoms with van der Waals surface area (Å²) in [4.78, 5) is 29.8. The molecule has 0 spiro atoms. The molecule has 45 heavy (non-hydrogen) atoms. The second-order valence-electron chi connectivity index (χ2n) is 11.9. The molecule has 13 heteroatoms. The van der Waals surface area contributed by atoms with Crippen molar-refractivity contribution in [1.82, 2.24) is 35.2 Å². The normalized spacial score (nSPS) is 20.7. The highest BCUT2D eigenvalue weighted by Gasteiger charge is 2.35. The maximum atomic E-state index is 15.2. The van der Waals surface area contributed by atoms with Gasteiger partial charge in [0.1, 0.15) is 24.3 Å². The van der Waals surface area contributed by atoms with Crippen LogP contribution < -0.4 is 21.0 Å². The number of nitrogens with one attached hydrogen (secondary N) is 2. The quantitative estimate of drug-likeness (QED) is 0.341. The molecule has 1 aromatic heterocycles. The van der Waals surface area contributed by atoms with E-state index in [1.807, 2.05) is 0 Å². The van der Waals surface area contributed by atoms with Gasteiger partial charge in [0.2, 0.25) is 5.95 Å². The van der Waals surface area contributed by atoms with Crippen LogP contribution in [-0.4, -0.2) is 88.2 Å². The van der Waals surface area contributed by atoms with Crippen molar-refractivity contribution in [2.45, 2.75) is 44.4 Å². The summed E-state index contributed by atoms with van der Waals surface area (Å²) in [5.41, 5.74) is 9.32. The van der Waals surface area contributed by atoms with Crippen LogP contribution in [-0.2, 0) is 4.79 Å². The van der Waals surface area contributed by atoms with Gasteiger partial charge in [0, 0.05) is 24.2 Å². The van der Waals surface area contributed by atoms with E-state index in [0.717, 1.165) is 31.6 Å². The molecule has 3 aliphatic rings. The van der Waals surface area contributed by atoms with E-state index < -0.39 is 12.3 Å². The molecule has 0 aliphatic carbocycles. The number of benzene rings is 2. The highest BCUT2D eigenvalue weighted by Crippen LogP contribution is 2.32. The molecular formula is C32H38FN10O2+. The second kappa shape index (κ2) is 13.1. The van der Waals surface area contributed by atoms with Crippen molar-refractivity contribution in [2.75, 3.05) is 45.6 Å². The number of piperidine rings is 2. The summed E-state index contributed by atoms with van der Waals surface area (Å²) in [6, 6.07) is 13.5. The van der Waals surface area contributed by atoms with E-state index in [-0.39, 0.29) is 23.8 Å². The number of nitrogens with two attached hydrogens (primary N) is 1. The van der Waals surface area contributed by atoms with Crippen LogP contribution in [0.15, 0.2) is 54.6 Å². The lowest BCUT2D eigenvalue weighted by molar-refractivity contribution is -0.818. The molecule has 234 valence electrons. The Morgan fingerprint density at radius 2 is 1.96 bits per heavy atom. The van der Waals surface area contributed by atoms with E-state index in [4.69, 9.17) is 4.74 Å². The largest absolute Gasteiger partial charge is 0.486 e. The number of rotatable bonds is 7. The standard InChI is InChI=1S/C32H37FN10O2/c1-20-14-24(5-6-25(20)21-8-11-41(2)12-9-21)37-32-36-19-35-30(38-32)22-4-7-28(23(15-22)16-34)45-29-10-13-43(17-26(29)33)31(44)27-18-42(3)40-39-27/h4-7,14-15,18-19,21,26,29,39-40H,8-13,17H2,1-3H3,(H,35,36,37,38)/p+1. The fourth-order valence-corrected chi connectivity index (χ4v) is 6.12. The second-order valence-corrected chi connectivity index (χ2v) is 11.9. The Bertz CT molecular complexity index is 1630. The SMILES string of the molecule is Cc1cc(Nc2ncnc(-c3ccc(OC4CCN(C(=O)C5=CN(C)[NH2+]N5)CC4F)c(C#N)c3)n2)ccc1C1CCN(C)CC1. The highest BCUT2D eigenvalue weighted by molar-refractivity contribution is 5.92. The number of carbonyl (C=O) groups excluding carboxylic acids is 1. The van der Waals surface area contributed by atoms with Gasteiger partial charge in [-0.05, 0) is 87.3 Å². The topological polar surface area (TPSA) is 139 Å². The number of carbonyl (C=O) groups is 1. The van der Waals surface area contributed by atoms with Crippen molar-refractivity contribution in [3.05, 3.63) is 71.3 Å². The van der Waals surface area contributed by atoms with Gasteiger partial charge in [-0.25, -0.2) is 24.8 Å². The summed E-state index contributed by atoms with van der Waals surface area (Å²) in [7, 11) is 3.97. The predicted octanol–water partition coefficient (Wildman–Crippen LogP) is 2.36. The molecule has 2 atom stereocenters. The zero-order valence-corrected chi connectivity index (χ0v) is 25.7. The third-order valence-corrected chi connectivity index (χ3v) is 8.65. The van der Waals surface area contributed by atoms with E-state index in [1.165, 1.54) is 22.4 Å². The van der Waals surface area contributed by atoms with Crippen LogP contribution in [0, 0.1) is 18.3 Å². The third kappa shape index (κ3) is 6.82. The Hall–Kier alpha value is -4.80. The number of aryl methyl sites for hydroxylation is 1. The molecule has 2 fully saturated rings. The van der Waals surface area contributed by atoms with Crippen LogP contribution in [0.4, 0.5) is 16.0 Å². The number of halogens is 1. The lowest BCUT2D eigenvalue weighted by Crippen LogP contribution is -2.96. The van der Waals surface area contributed by atoms with Crippen LogP contribution in [0.25, 0.3) is 11.4 Å². The third-order valence-electron chi connectivity index (χ3n) is 8.65.